The average molecular weight is 358 g/mol. The molecule has 1 aromatic heterocycles. The second-order valence-corrected chi connectivity index (χ2v) is 6.47. The second-order valence-electron chi connectivity index (χ2n) is 6.47. The number of anilines is 1. The number of benzene rings is 1. The van der Waals surface area contributed by atoms with Gasteiger partial charge in [0.15, 0.2) is 5.78 Å². The van der Waals surface area contributed by atoms with Gasteiger partial charge in [-0.05, 0) is 31.5 Å². The molecule has 0 bridgehead atoms. The number of hydrogen-bond acceptors (Lipinski definition) is 6. The van der Waals surface area contributed by atoms with E-state index in [1.807, 2.05) is 20.8 Å². The number of nitrogens with one attached hydrogen (secondary N) is 2. The number of carbonyl (C=O) groups excluding carboxylic acids is 2. The number of ketones is 1. The van der Waals surface area contributed by atoms with Crippen LogP contribution in [0.3, 0.4) is 0 Å². The van der Waals surface area contributed by atoms with Crippen molar-refractivity contribution in [2.45, 2.75) is 52.2 Å². The fraction of sp³-hybridized carbons (Fsp3) is 0.444. The van der Waals surface area contributed by atoms with Crippen LogP contribution in [-0.2, 0) is 13.0 Å². The minimum Gasteiger partial charge on any atom is -0.486 e. The highest BCUT2D eigenvalue weighted by Crippen LogP contribution is 2.36. The van der Waals surface area contributed by atoms with Crippen molar-refractivity contribution in [3.8, 4) is 5.75 Å². The number of Topliss-reactive ketones (excluding diaryl/α,β-unsaturated/α-hetero) is 1. The molecular weight excluding hydrogens is 336 g/mol. The lowest BCUT2D eigenvalue weighted by Gasteiger charge is -2.34. The molecule has 1 aromatic carbocycles. The summed E-state index contributed by atoms with van der Waals surface area (Å²) in [5.74, 6) is 1.42. The molecule has 3 rings (SSSR count). The van der Waals surface area contributed by atoms with Gasteiger partial charge in [0.2, 0.25) is 11.8 Å². The Labute approximate surface area is 151 Å². The van der Waals surface area contributed by atoms with Crippen molar-refractivity contribution in [3.63, 3.8) is 0 Å². The predicted octanol–water partition coefficient (Wildman–Crippen LogP) is 3.09. The predicted molar refractivity (Wildman–Crippen MR) is 94.2 cm³/mol. The summed E-state index contributed by atoms with van der Waals surface area (Å²) in [6.07, 6.45) is 1.71. The summed E-state index contributed by atoms with van der Waals surface area (Å²) in [6, 6.07) is 4.62. The molecule has 1 atom stereocenters. The Hall–Kier alpha value is -2.90. The van der Waals surface area contributed by atoms with E-state index in [0.29, 0.717) is 41.6 Å². The molecular formula is C18H22N4O4. The minimum atomic E-state index is -0.474. The zero-order valence-corrected chi connectivity index (χ0v) is 15.1. The van der Waals surface area contributed by atoms with Crippen LogP contribution in [-0.4, -0.2) is 27.6 Å². The minimum absolute atomic E-state index is 0.0117. The van der Waals surface area contributed by atoms with Gasteiger partial charge in [0.25, 0.3) is 0 Å². The van der Waals surface area contributed by atoms with Crippen molar-refractivity contribution in [3.05, 3.63) is 35.5 Å². The number of fused-ring (bicyclic) bond motifs is 1. The first-order valence-electron chi connectivity index (χ1n) is 8.65. The molecule has 0 aliphatic carbocycles. The molecule has 8 heteroatoms. The summed E-state index contributed by atoms with van der Waals surface area (Å²) < 4.78 is 11.3. The van der Waals surface area contributed by atoms with Gasteiger partial charge >= 0.3 is 6.03 Å². The molecule has 0 spiro atoms. The second kappa shape index (κ2) is 7.15. The number of carbonyl (C=O) groups is 2. The van der Waals surface area contributed by atoms with Gasteiger partial charge in [-0.2, -0.15) is 0 Å². The molecule has 0 fully saturated rings. The van der Waals surface area contributed by atoms with Gasteiger partial charge in [0.05, 0.1) is 18.5 Å². The summed E-state index contributed by atoms with van der Waals surface area (Å²) in [5, 5.41) is 13.0. The number of ether oxygens (including phenoxy) is 1. The number of amides is 2. The van der Waals surface area contributed by atoms with Gasteiger partial charge in [-0.1, -0.05) is 13.8 Å². The summed E-state index contributed by atoms with van der Waals surface area (Å²) in [4.78, 5) is 24.4. The quantitative estimate of drug-likeness (QED) is 0.851. The van der Waals surface area contributed by atoms with Crippen molar-refractivity contribution in [2.24, 2.45) is 0 Å². The Morgan fingerprint density at radius 1 is 1.27 bits per heavy atom. The van der Waals surface area contributed by atoms with E-state index in [-0.39, 0.29) is 12.3 Å². The van der Waals surface area contributed by atoms with Gasteiger partial charge in [-0.3, -0.25) is 4.79 Å². The maximum Gasteiger partial charge on any atom is 0.319 e. The number of nitrogens with zero attached hydrogens (tertiary/aromatic N) is 2. The van der Waals surface area contributed by atoms with Crippen molar-refractivity contribution < 1.29 is 18.7 Å². The maximum absolute atomic E-state index is 12.4. The zero-order chi connectivity index (χ0) is 18.7. The van der Waals surface area contributed by atoms with E-state index in [0.717, 1.165) is 6.42 Å². The molecule has 1 aliphatic rings. The normalized spacial score (nSPS) is 18.8. The van der Waals surface area contributed by atoms with Crippen LogP contribution < -0.4 is 15.4 Å². The lowest BCUT2D eigenvalue weighted by molar-refractivity contribution is 0.0499. The van der Waals surface area contributed by atoms with Gasteiger partial charge < -0.3 is 19.8 Å². The highest BCUT2D eigenvalue weighted by atomic mass is 16.5. The molecule has 8 nitrogen and oxygen atoms in total. The largest absolute Gasteiger partial charge is 0.486 e. The first kappa shape index (κ1) is 17.9. The van der Waals surface area contributed by atoms with E-state index in [1.54, 1.807) is 18.2 Å². The molecule has 0 saturated carbocycles. The lowest BCUT2D eigenvalue weighted by atomic mass is 9.89. The Morgan fingerprint density at radius 2 is 2.04 bits per heavy atom. The number of rotatable bonds is 5. The van der Waals surface area contributed by atoms with E-state index in [1.165, 1.54) is 0 Å². The molecule has 26 heavy (non-hydrogen) atoms. The molecule has 0 radical (unpaired) electrons. The number of hydrogen-bond donors (Lipinski definition) is 2. The van der Waals surface area contributed by atoms with Crippen LogP contribution in [0.15, 0.2) is 22.6 Å². The monoisotopic (exact) mass is 358 g/mol. The molecule has 0 unspecified atom stereocenters. The van der Waals surface area contributed by atoms with E-state index < -0.39 is 11.6 Å². The maximum atomic E-state index is 12.4. The molecule has 138 valence electrons. The average Bonchev–Trinajstić information content (AvgIpc) is 3.09. The number of aromatic nitrogens is 2. The first-order chi connectivity index (χ1) is 12.4. The Bertz CT molecular complexity index is 832. The van der Waals surface area contributed by atoms with Crippen LogP contribution in [0, 0.1) is 0 Å². The van der Waals surface area contributed by atoms with Gasteiger partial charge in [0, 0.05) is 12.1 Å². The zero-order valence-electron chi connectivity index (χ0n) is 15.1. The van der Waals surface area contributed by atoms with Crippen molar-refractivity contribution in [2.75, 3.05) is 5.32 Å². The summed E-state index contributed by atoms with van der Waals surface area (Å²) in [6.45, 7) is 5.95. The summed E-state index contributed by atoms with van der Waals surface area (Å²) in [7, 11) is 0. The highest BCUT2D eigenvalue weighted by Gasteiger charge is 2.35. The SMILES string of the molecule is CCc1nnc(CNC(=O)Nc2ccc3c(c2)C(=O)C[C@@](C)(CC)O3)o1. The molecule has 0 saturated heterocycles. The Balaban J connectivity index is 1.63. The first-order valence-corrected chi connectivity index (χ1v) is 8.65. The highest BCUT2D eigenvalue weighted by molar-refractivity contribution is 6.02. The van der Waals surface area contributed by atoms with Crippen molar-refractivity contribution in [1.29, 1.82) is 0 Å². The molecule has 2 aromatic rings. The number of aryl methyl sites for hydroxylation is 1. The van der Waals surface area contributed by atoms with E-state index >= 15 is 0 Å². The molecule has 2 amide bonds. The van der Waals surface area contributed by atoms with E-state index in [2.05, 4.69) is 20.8 Å². The third-order valence-electron chi connectivity index (χ3n) is 4.39. The van der Waals surface area contributed by atoms with Crippen LogP contribution >= 0.6 is 0 Å². The topological polar surface area (TPSA) is 106 Å². The van der Waals surface area contributed by atoms with Gasteiger partial charge in [-0.15, -0.1) is 10.2 Å². The third-order valence-corrected chi connectivity index (χ3v) is 4.39. The Kier molecular flexibility index (Phi) is 4.92. The van der Waals surface area contributed by atoms with Crippen LogP contribution in [0.5, 0.6) is 5.75 Å². The van der Waals surface area contributed by atoms with Gasteiger partial charge in [-0.25, -0.2) is 4.79 Å². The van der Waals surface area contributed by atoms with E-state index in [9.17, 15) is 9.59 Å². The molecule has 2 N–H and O–H groups in total. The van der Waals surface area contributed by atoms with E-state index in [4.69, 9.17) is 9.15 Å². The number of urea groups is 1. The molecule has 2 heterocycles. The smallest absolute Gasteiger partial charge is 0.319 e. The van der Waals surface area contributed by atoms with Crippen LogP contribution in [0.4, 0.5) is 10.5 Å². The van der Waals surface area contributed by atoms with Gasteiger partial charge in [0.1, 0.15) is 11.4 Å². The van der Waals surface area contributed by atoms with Crippen LogP contribution in [0.2, 0.25) is 0 Å². The van der Waals surface area contributed by atoms with Crippen molar-refractivity contribution in [1.82, 2.24) is 15.5 Å². The molecule has 1 aliphatic heterocycles. The standard InChI is InChI=1S/C18H22N4O4/c1-4-15-21-22-16(25-15)10-19-17(24)20-11-6-7-14-12(8-11)13(23)9-18(3,5-2)26-14/h6-8H,4-5,9-10H2,1-3H3,(H2,19,20,24)/t18-/m1/s1. The lowest BCUT2D eigenvalue weighted by Crippen LogP contribution is -2.38. The van der Waals surface area contributed by atoms with Crippen molar-refractivity contribution >= 4 is 17.5 Å². The Morgan fingerprint density at radius 3 is 2.73 bits per heavy atom. The fourth-order valence-electron chi connectivity index (χ4n) is 2.68. The van der Waals surface area contributed by atoms with Crippen LogP contribution in [0.25, 0.3) is 0 Å². The summed E-state index contributed by atoms with van der Waals surface area (Å²) in [5.41, 5.74) is 0.522. The summed E-state index contributed by atoms with van der Waals surface area (Å²) >= 11 is 0. The van der Waals surface area contributed by atoms with Crippen LogP contribution in [0.1, 0.15) is 55.8 Å². The third kappa shape index (κ3) is 3.84. The fourth-order valence-corrected chi connectivity index (χ4v) is 2.68.